The molecule has 0 atom stereocenters. The molecule has 94 valence electrons. The molecule has 0 fully saturated rings. The fourth-order valence-corrected chi connectivity index (χ4v) is 3.52. The molecule has 1 aliphatic rings. The Morgan fingerprint density at radius 2 is 2.17 bits per heavy atom. The van der Waals surface area contributed by atoms with Gasteiger partial charge in [-0.2, -0.15) is 0 Å². The highest BCUT2D eigenvalue weighted by atomic mass is 35.5. The maximum absolute atomic E-state index is 6.11. The number of halogens is 1. The van der Waals surface area contributed by atoms with Crippen LogP contribution in [-0.4, -0.2) is 17.9 Å². The van der Waals surface area contributed by atoms with Crippen LogP contribution in [0.4, 0.5) is 0 Å². The van der Waals surface area contributed by atoms with E-state index in [-0.39, 0.29) is 5.54 Å². The number of nitrogens with one attached hydrogen (secondary N) is 1. The number of aryl methyl sites for hydroxylation is 1. The number of fused-ring (bicyclic) bond motifs is 1. The van der Waals surface area contributed by atoms with Crippen LogP contribution in [0.3, 0.4) is 0 Å². The third kappa shape index (κ3) is 1.91. The monoisotopic (exact) mass is 278 g/mol. The molecule has 2 aromatic rings. The van der Waals surface area contributed by atoms with Gasteiger partial charge in [0, 0.05) is 25.5 Å². The van der Waals surface area contributed by atoms with E-state index in [1.54, 1.807) is 11.3 Å². The Morgan fingerprint density at radius 1 is 1.39 bits per heavy atom. The first-order valence-electron chi connectivity index (χ1n) is 5.98. The van der Waals surface area contributed by atoms with Gasteiger partial charge < -0.3 is 5.32 Å². The van der Waals surface area contributed by atoms with E-state index in [1.165, 1.54) is 20.5 Å². The van der Waals surface area contributed by atoms with E-state index < -0.39 is 0 Å². The number of hydrogen-bond donors (Lipinski definition) is 1. The summed E-state index contributed by atoms with van der Waals surface area (Å²) in [6.45, 7) is 7.30. The highest BCUT2D eigenvalue weighted by Gasteiger charge is 2.27. The summed E-state index contributed by atoms with van der Waals surface area (Å²) in [5.41, 5.74) is 1.26. The molecule has 1 N–H and O–H groups in total. The standard InChI is InChI=1S/C14H15ClN2S/c1-8-12(13-16-7-14(2,3)17-13)10-6-9(15)4-5-11(10)18-8/h4-6H,7H2,1-3H3,(H,16,17). The lowest BCUT2D eigenvalue weighted by molar-refractivity contribution is 0.506. The summed E-state index contributed by atoms with van der Waals surface area (Å²) in [6, 6.07) is 6.06. The van der Waals surface area contributed by atoms with Crippen LogP contribution in [0.5, 0.6) is 0 Å². The first-order valence-corrected chi connectivity index (χ1v) is 7.17. The van der Waals surface area contributed by atoms with Gasteiger partial charge in [0.1, 0.15) is 5.84 Å². The predicted molar refractivity (Wildman–Crippen MR) is 80.2 cm³/mol. The second kappa shape index (κ2) is 3.97. The zero-order chi connectivity index (χ0) is 12.9. The van der Waals surface area contributed by atoms with Crippen molar-refractivity contribution in [2.75, 3.05) is 6.54 Å². The molecule has 0 aliphatic carbocycles. The number of thiophene rings is 1. The third-order valence-corrected chi connectivity index (χ3v) is 4.47. The quantitative estimate of drug-likeness (QED) is 0.838. The van der Waals surface area contributed by atoms with Crippen LogP contribution in [0.1, 0.15) is 24.3 Å². The zero-order valence-corrected chi connectivity index (χ0v) is 12.2. The topological polar surface area (TPSA) is 24.4 Å². The van der Waals surface area contributed by atoms with Crippen LogP contribution in [0.15, 0.2) is 23.2 Å². The molecule has 0 unspecified atom stereocenters. The predicted octanol–water partition coefficient (Wildman–Crippen LogP) is 3.99. The molecule has 0 amide bonds. The molecular weight excluding hydrogens is 264 g/mol. The lowest BCUT2D eigenvalue weighted by atomic mass is 10.1. The van der Waals surface area contributed by atoms with Crippen molar-refractivity contribution in [3.8, 4) is 0 Å². The van der Waals surface area contributed by atoms with Crippen molar-refractivity contribution in [2.45, 2.75) is 26.3 Å². The van der Waals surface area contributed by atoms with Crippen LogP contribution >= 0.6 is 22.9 Å². The van der Waals surface area contributed by atoms with Gasteiger partial charge in [0.2, 0.25) is 0 Å². The number of aliphatic imine (C=N–C) groups is 1. The minimum atomic E-state index is 0.0502. The Balaban J connectivity index is 2.17. The van der Waals surface area contributed by atoms with Crippen LogP contribution < -0.4 is 5.32 Å². The van der Waals surface area contributed by atoms with Crippen LogP contribution in [0.25, 0.3) is 10.1 Å². The second-order valence-electron chi connectivity index (χ2n) is 5.35. The van der Waals surface area contributed by atoms with Crippen LogP contribution in [0, 0.1) is 6.92 Å². The first kappa shape index (κ1) is 12.0. The maximum atomic E-state index is 6.11. The van der Waals surface area contributed by atoms with E-state index in [4.69, 9.17) is 11.6 Å². The highest BCUT2D eigenvalue weighted by Crippen LogP contribution is 2.34. The summed E-state index contributed by atoms with van der Waals surface area (Å²) < 4.78 is 1.26. The second-order valence-corrected chi connectivity index (χ2v) is 7.04. The van der Waals surface area contributed by atoms with E-state index in [2.05, 4.69) is 37.1 Å². The Kier molecular flexibility index (Phi) is 2.65. The SMILES string of the molecule is Cc1sc2ccc(Cl)cc2c1C1=NCC(C)(C)N1. The third-order valence-electron chi connectivity index (χ3n) is 3.15. The average Bonchev–Trinajstić information content (AvgIpc) is 2.77. The molecule has 0 radical (unpaired) electrons. The van der Waals surface area contributed by atoms with Gasteiger partial charge in [-0.05, 0) is 39.0 Å². The van der Waals surface area contributed by atoms with Gasteiger partial charge in [-0.3, -0.25) is 4.99 Å². The Morgan fingerprint density at radius 3 is 2.83 bits per heavy atom. The fraction of sp³-hybridized carbons (Fsp3) is 0.357. The number of amidine groups is 1. The summed E-state index contributed by atoms with van der Waals surface area (Å²) >= 11 is 7.90. The largest absolute Gasteiger partial charge is 0.363 e. The summed E-state index contributed by atoms with van der Waals surface area (Å²) in [5, 5.41) is 5.48. The molecule has 1 aliphatic heterocycles. The van der Waals surface area contributed by atoms with Crippen LogP contribution in [0.2, 0.25) is 5.02 Å². The number of benzene rings is 1. The molecule has 18 heavy (non-hydrogen) atoms. The zero-order valence-electron chi connectivity index (χ0n) is 10.7. The minimum absolute atomic E-state index is 0.0502. The Hall–Kier alpha value is -1.06. The van der Waals surface area contributed by atoms with Crippen molar-refractivity contribution in [3.63, 3.8) is 0 Å². The van der Waals surface area contributed by atoms with E-state index in [1.807, 2.05) is 12.1 Å². The highest BCUT2D eigenvalue weighted by molar-refractivity contribution is 7.19. The molecule has 3 rings (SSSR count). The summed E-state index contributed by atoms with van der Waals surface area (Å²) in [4.78, 5) is 5.93. The Bertz CT molecular complexity index is 655. The van der Waals surface area contributed by atoms with Gasteiger partial charge in [-0.25, -0.2) is 0 Å². The van der Waals surface area contributed by atoms with E-state index in [0.29, 0.717) is 0 Å². The van der Waals surface area contributed by atoms with Gasteiger partial charge in [0.05, 0.1) is 12.1 Å². The molecule has 4 heteroatoms. The van der Waals surface area contributed by atoms with Crippen LogP contribution in [-0.2, 0) is 0 Å². The van der Waals surface area contributed by atoms with Crippen molar-refractivity contribution in [2.24, 2.45) is 4.99 Å². The smallest absolute Gasteiger partial charge is 0.130 e. The van der Waals surface area contributed by atoms with Crippen molar-refractivity contribution in [1.29, 1.82) is 0 Å². The molecule has 0 spiro atoms. The van der Waals surface area contributed by atoms with Gasteiger partial charge >= 0.3 is 0 Å². The summed E-state index contributed by atoms with van der Waals surface area (Å²) in [5.74, 6) is 1.01. The maximum Gasteiger partial charge on any atom is 0.130 e. The molecule has 0 bridgehead atoms. The molecule has 0 saturated heterocycles. The van der Waals surface area contributed by atoms with E-state index >= 15 is 0 Å². The van der Waals surface area contributed by atoms with E-state index in [9.17, 15) is 0 Å². The van der Waals surface area contributed by atoms with Gasteiger partial charge in [-0.1, -0.05) is 11.6 Å². The normalized spacial score (nSPS) is 17.9. The first-order chi connectivity index (χ1) is 8.46. The Labute approximate surface area is 116 Å². The van der Waals surface area contributed by atoms with Gasteiger partial charge in [0.15, 0.2) is 0 Å². The van der Waals surface area contributed by atoms with Crippen molar-refractivity contribution in [3.05, 3.63) is 33.7 Å². The lowest BCUT2D eigenvalue weighted by Crippen LogP contribution is -2.39. The number of hydrogen-bond acceptors (Lipinski definition) is 3. The molecule has 2 heterocycles. The number of rotatable bonds is 1. The molecule has 1 aromatic carbocycles. The van der Waals surface area contributed by atoms with Crippen molar-refractivity contribution < 1.29 is 0 Å². The molecule has 2 nitrogen and oxygen atoms in total. The molecular formula is C14H15ClN2S. The summed E-state index contributed by atoms with van der Waals surface area (Å²) in [7, 11) is 0. The fourth-order valence-electron chi connectivity index (χ4n) is 2.30. The van der Waals surface area contributed by atoms with Crippen molar-refractivity contribution in [1.82, 2.24) is 5.32 Å². The van der Waals surface area contributed by atoms with Gasteiger partial charge in [0.25, 0.3) is 0 Å². The molecule has 0 saturated carbocycles. The average molecular weight is 279 g/mol. The molecule has 1 aromatic heterocycles. The summed E-state index contributed by atoms with van der Waals surface area (Å²) in [6.07, 6.45) is 0. The minimum Gasteiger partial charge on any atom is -0.363 e. The lowest BCUT2D eigenvalue weighted by Gasteiger charge is -2.18. The van der Waals surface area contributed by atoms with Gasteiger partial charge in [-0.15, -0.1) is 11.3 Å². The number of nitrogens with zero attached hydrogens (tertiary/aromatic N) is 1. The van der Waals surface area contributed by atoms with E-state index in [0.717, 1.165) is 17.4 Å². The van der Waals surface area contributed by atoms with Crippen molar-refractivity contribution >= 4 is 38.9 Å².